The number of nitrogens with one attached hydrogen (secondary N) is 1. The zero-order chi connectivity index (χ0) is 12.4. The van der Waals surface area contributed by atoms with Crippen LogP contribution in [0, 0.1) is 5.92 Å². The number of hydrogen-bond donors (Lipinski definition) is 1. The molecule has 1 aromatic heterocycles. The number of nitrogens with zero attached hydrogens (tertiary/aromatic N) is 2. The zero-order valence-corrected chi connectivity index (χ0v) is 11.7. The van der Waals surface area contributed by atoms with Crippen LogP contribution in [-0.4, -0.2) is 15.8 Å². The lowest BCUT2D eigenvalue weighted by molar-refractivity contribution is 0.419. The van der Waals surface area contributed by atoms with Crippen molar-refractivity contribution < 1.29 is 0 Å². The Kier molecular flexibility index (Phi) is 4.10. The van der Waals surface area contributed by atoms with Gasteiger partial charge in [0.05, 0.1) is 16.4 Å². The normalized spacial score (nSPS) is 24.5. The second kappa shape index (κ2) is 5.40. The van der Waals surface area contributed by atoms with E-state index in [0.29, 0.717) is 6.04 Å². The number of aromatic nitrogens is 2. The first-order valence-corrected chi connectivity index (χ1v) is 6.94. The summed E-state index contributed by atoms with van der Waals surface area (Å²) in [4.78, 5) is 0. The second-order valence-corrected chi connectivity index (χ2v) is 5.46. The first-order chi connectivity index (χ1) is 8.13. The molecule has 2 rings (SSSR count). The molecule has 0 bridgehead atoms. The highest BCUT2D eigenvalue weighted by molar-refractivity contribution is 6.31. The molecule has 0 radical (unpaired) electrons. The summed E-state index contributed by atoms with van der Waals surface area (Å²) in [6, 6.07) is 0.644. The van der Waals surface area contributed by atoms with E-state index < -0.39 is 0 Å². The van der Waals surface area contributed by atoms with Crippen LogP contribution >= 0.6 is 11.6 Å². The summed E-state index contributed by atoms with van der Waals surface area (Å²) in [6.45, 7) is 5.24. The maximum atomic E-state index is 6.33. The maximum Gasteiger partial charge on any atom is 0.0863 e. The van der Waals surface area contributed by atoms with Gasteiger partial charge in [0.25, 0.3) is 0 Å². The topological polar surface area (TPSA) is 29.9 Å². The average Bonchev–Trinajstić information content (AvgIpc) is 2.82. The number of aryl methyl sites for hydroxylation is 2. The standard InChI is InChI=1S/C13H22ClN3/c1-4-10-13(14)12(17(3)16-10)8-15-11-7-5-6-9(11)2/h9,11,15H,4-8H2,1-3H3. The van der Waals surface area contributed by atoms with Crippen molar-refractivity contribution in [1.82, 2.24) is 15.1 Å². The summed E-state index contributed by atoms with van der Waals surface area (Å²) in [5.41, 5.74) is 2.12. The minimum Gasteiger partial charge on any atom is -0.308 e. The van der Waals surface area contributed by atoms with E-state index in [4.69, 9.17) is 11.6 Å². The van der Waals surface area contributed by atoms with Crippen molar-refractivity contribution in [2.75, 3.05) is 0 Å². The zero-order valence-electron chi connectivity index (χ0n) is 11.0. The van der Waals surface area contributed by atoms with Gasteiger partial charge in [-0.2, -0.15) is 5.10 Å². The SMILES string of the molecule is CCc1nn(C)c(CNC2CCCC2C)c1Cl. The van der Waals surface area contributed by atoms with E-state index in [1.165, 1.54) is 19.3 Å². The molecule has 0 aliphatic heterocycles. The molecule has 1 aliphatic carbocycles. The molecule has 1 aromatic rings. The van der Waals surface area contributed by atoms with Gasteiger partial charge in [0.2, 0.25) is 0 Å². The van der Waals surface area contributed by atoms with Crippen molar-refractivity contribution in [1.29, 1.82) is 0 Å². The molecule has 17 heavy (non-hydrogen) atoms. The lowest BCUT2D eigenvalue weighted by Gasteiger charge is -2.17. The summed E-state index contributed by atoms with van der Waals surface area (Å²) < 4.78 is 1.91. The van der Waals surface area contributed by atoms with Crippen LogP contribution in [0.1, 0.15) is 44.5 Å². The van der Waals surface area contributed by atoms with Crippen molar-refractivity contribution in [3.63, 3.8) is 0 Å². The first kappa shape index (κ1) is 12.9. The largest absolute Gasteiger partial charge is 0.308 e. The maximum absolute atomic E-state index is 6.33. The van der Waals surface area contributed by atoms with Crippen molar-refractivity contribution in [2.45, 2.75) is 52.1 Å². The molecule has 1 heterocycles. The molecule has 0 aromatic carbocycles. The molecule has 1 N–H and O–H groups in total. The van der Waals surface area contributed by atoms with Crippen LogP contribution in [0.5, 0.6) is 0 Å². The Morgan fingerprint density at radius 1 is 1.47 bits per heavy atom. The number of halogens is 1. The monoisotopic (exact) mass is 255 g/mol. The van der Waals surface area contributed by atoms with Gasteiger partial charge in [0.15, 0.2) is 0 Å². The molecular formula is C13H22ClN3. The third-order valence-electron chi connectivity index (χ3n) is 3.90. The minimum absolute atomic E-state index is 0.644. The molecular weight excluding hydrogens is 234 g/mol. The summed E-state index contributed by atoms with van der Waals surface area (Å²) in [6.07, 6.45) is 4.87. The van der Waals surface area contributed by atoms with Crippen LogP contribution in [0.25, 0.3) is 0 Å². The highest BCUT2D eigenvalue weighted by Crippen LogP contribution is 2.26. The molecule has 0 saturated heterocycles. The fourth-order valence-electron chi connectivity index (χ4n) is 2.69. The van der Waals surface area contributed by atoms with Gasteiger partial charge in [0.1, 0.15) is 0 Å². The summed E-state index contributed by atoms with van der Waals surface area (Å²) in [5.74, 6) is 0.785. The molecule has 1 saturated carbocycles. The smallest absolute Gasteiger partial charge is 0.0863 e. The van der Waals surface area contributed by atoms with E-state index in [-0.39, 0.29) is 0 Å². The number of rotatable bonds is 4. The Balaban J connectivity index is 2.01. The Labute approximate surface area is 109 Å². The summed E-state index contributed by atoms with van der Waals surface area (Å²) in [5, 5.41) is 8.90. The Bertz CT molecular complexity index is 386. The van der Waals surface area contributed by atoms with E-state index in [9.17, 15) is 0 Å². The van der Waals surface area contributed by atoms with Crippen LogP contribution < -0.4 is 5.32 Å². The highest BCUT2D eigenvalue weighted by Gasteiger charge is 2.23. The molecule has 1 fully saturated rings. The molecule has 3 nitrogen and oxygen atoms in total. The van der Waals surface area contributed by atoms with Crippen LogP contribution in [0.4, 0.5) is 0 Å². The predicted octanol–water partition coefficient (Wildman–Crippen LogP) is 2.91. The van der Waals surface area contributed by atoms with Gasteiger partial charge in [0, 0.05) is 19.6 Å². The van der Waals surface area contributed by atoms with Gasteiger partial charge in [-0.1, -0.05) is 31.9 Å². The van der Waals surface area contributed by atoms with Crippen molar-refractivity contribution in [3.8, 4) is 0 Å². The summed E-state index contributed by atoms with van der Waals surface area (Å²) >= 11 is 6.33. The van der Waals surface area contributed by atoms with Crippen molar-refractivity contribution in [3.05, 3.63) is 16.4 Å². The average molecular weight is 256 g/mol. The van der Waals surface area contributed by atoms with Gasteiger partial charge >= 0.3 is 0 Å². The first-order valence-electron chi connectivity index (χ1n) is 6.57. The third-order valence-corrected chi connectivity index (χ3v) is 4.33. The molecule has 96 valence electrons. The third kappa shape index (κ3) is 2.66. The molecule has 1 aliphatic rings. The van der Waals surface area contributed by atoms with Gasteiger partial charge in [-0.05, 0) is 25.2 Å². The number of hydrogen-bond acceptors (Lipinski definition) is 2. The summed E-state index contributed by atoms with van der Waals surface area (Å²) in [7, 11) is 1.97. The quantitative estimate of drug-likeness (QED) is 0.897. The van der Waals surface area contributed by atoms with Gasteiger partial charge in [-0.25, -0.2) is 0 Å². The van der Waals surface area contributed by atoms with Gasteiger partial charge in [-0.3, -0.25) is 4.68 Å². The van der Waals surface area contributed by atoms with Crippen LogP contribution in [-0.2, 0) is 20.0 Å². The van der Waals surface area contributed by atoms with Gasteiger partial charge in [-0.15, -0.1) is 0 Å². The highest BCUT2D eigenvalue weighted by atomic mass is 35.5. The molecule has 2 unspecified atom stereocenters. The van der Waals surface area contributed by atoms with Crippen molar-refractivity contribution in [2.24, 2.45) is 13.0 Å². The molecule has 4 heteroatoms. The lowest BCUT2D eigenvalue weighted by atomic mass is 10.1. The van der Waals surface area contributed by atoms with E-state index in [1.807, 2.05) is 11.7 Å². The van der Waals surface area contributed by atoms with Gasteiger partial charge < -0.3 is 5.32 Å². The van der Waals surface area contributed by atoms with Crippen LogP contribution in [0.3, 0.4) is 0 Å². The fraction of sp³-hybridized carbons (Fsp3) is 0.769. The minimum atomic E-state index is 0.644. The predicted molar refractivity (Wildman–Crippen MR) is 71.2 cm³/mol. The van der Waals surface area contributed by atoms with E-state index in [2.05, 4.69) is 24.3 Å². The lowest BCUT2D eigenvalue weighted by Crippen LogP contribution is -2.31. The van der Waals surface area contributed by atoms with Crippen LogP contribution in [0.15, 0.2) is 0 Å². The van der Waals surface area contributed by atoms with E-state index >= 15 is 0 Å². The molecule has 2 atom stereocenters. The fourth-order valence-corrected chi connectivity index (χ4v) is 3.05. The van der Waals surface area contributed by atoms with E-state index in [0.717, 1.165) is 35.3 Å². The Morgan fingerprint density at radius 2 is 2.24 bits per heavy atom. The van der Waals surface area contributed by atoms with Crippen molar-refractivity contribution >= 4 is 11.6 Å². The Hall–Kier alpha value is -0.540. The molecule has 0 amide bonds. The second-order valence-electron chi connectivity index (χ2n) is 5.08. The van der Waals surface area contributed by atoms with E-state index in [1.54, 1.807) is 0 Å². The molecule has 0 spiro atoms. The Morgan fingerprint density at radius 3 is 2.76 bits per heavy atom. The van der Waals surface area contributed by atoms with Crippen LogP contribution in [0.2, 0.25) is 5.02 Å².